The minimum absolute atomic E-state index is 0.00838. The molecule has 1 N–H and O–H groups in total. The van der Waals surface area contributed by atoms with Crippen LogP contribution in [-0.2, 0) is 21.4 Å². The van der Waals surface area contributed by atoms with E-state index in [2.05, 4.69) is 4.72 Å². The number of nitrogens with zero attached hydrogens (tertiary/aromatic N) is 3. The highest BCUT2D eigenvalue weighted by atomic mass is 35.5. The maximum absolute atomic E-state index is 12.8. The smallest absolute Gasteiger partial charge is 0.263 e. The lowest BCUT2D eigenvalue weighted by Gasteiger charge is -2.19. The molecule has 9 heteroatoms. The second-order valence-corrected chi connectivity index (χ2v) is 8.73. The maximum atomic E-state index is 12.8. The number of carbonyl (C=O) groups is 1. The standard InChI is InChI=1S/C21H21ClN4O3S/c1-3-25(4-2)21(27)14-26-10-9-15-11-18(7-8-19(15)26)24-30(28,29)20-12-17(22)6-5-16(20)13-23/h5-12,24H,3-4,14H2,1-2H3. The predicted octanol–water partition coefficient (Wildman–Crippen LogP) is 3.84. The van der Waals surface area contributed by atoms with Crippen molar-refractivity contribution in [1.82, 2.24) is 9.47 Å². The largest absolute Gasteiger partial charge is 0.342 e. The highest BCUT2D eigenvalue weighted by Crippen LogP contribution is 2.26. The van der Waals surface area contributed by atoms with Crippen LogP contribution >= 0.6 is 11.6 Å². The molecule has 0 aliphatic rings. The van der Waals surface area contributed by atoms with Gasteiger partial charge in [-0.2, -0.15) is 5.26 Å². The predicted molar refractivity (Wildman–Crippen MR) is 117 cm³/mol. The molecule has 0 spiro atoms. The van der Waals surface area contributed by atoms with E-state index in [1.54, 1.807) is 29.3 Å². The normalized spacial score (nSPS) is 11.3. The third kappa shape index (κ3) is 4.42. The van der Waals surface area contributed by atoms with Crippen molar-refractivity contribution in [2.45, 2.75) is 25.3 Å². The minimum Gasteiger partial charge on any atom is -0.342 e. The van der Waals surface area contributed by atoms with E-state index in [1.807, 2.05) is 30.6 Å². The number of likely N-dealkylation sites (N-methyl/N-ethyl adjacent to an activating group) is 1. The number of nitriles is 1. The van der Waals surface area contributed by atoms with Crippen molar-refractivity contribution in [2.24, 2.45) is 0 Å². The van der Waals surface area contributed by atoms with E-state index in [1.165, 1.54) is 18.2 Å². The molecule has 0 radical (unpaired) electrons. The number of halogens is 1. The molecule has 1 heterocycles. The van der Waals surface area contributed by atoms with Crippen LogP contribution in [0.5, 0.6) is 0 Å². The van der Waals surface area contributed by atoms with Gasteiger partial charge in [0.15, 0.2) is 0 Å². The lowest BCUT2D eigenvalue weighted by molar-refractivity contribution is -0.131. The average molecular weight is 445 g/mol. The Kier molecular flexibility index (Phi) is 6.34. The van der Waals surface area contributed by atoms with Crippen LogP contribution in [0, 0.1) is 11.3 Å². The summed E-state index contributed by atoms with van der Waals surface area (Å²) in [7, 11) is -4.00. The van der Waals surface area contributed by atoms with Gasteiger partial charge in [-0.1, -0.05) is 11.6 Å². The van der Waals surface area contributed by atoms with Crippen molar-refractivity contribution in [1.29, 1.82) is 5.26 Å². The summed E-state index contributed by atoms with van der Waals surface area (Å²) in [6.07, 6.45) is 1.80. The third-order valence-corrected chi connectivity index (χ3v) is 6.45. The van der Waals surface area contributed by atoms with Crippen molar-refractivity contribution in [3.63, 3.8) is 0 Å². The molecule has 0 fully saturated rings. The van der Waals surface area contributed by atoms with Gasteiger partial charge < -0.3 is 9.47 Å². The van der Waals surface area contributed by atoms with Gasteiger partial charge in [0.2, 0.25) is 5.91 Å². The van der Waals surface area contributed by atoms with E-state index >= 15 is 0 Å². The summed E-state index contributed by atoms with van der Waals surface area (Å²) < 4.78 is 29.9. The molecule has 1 aromatic heterocycles. The molecule has 7 nitrogen and oxygen atoms in total. The van der Waals surface area contributed by atoms with Gasteiger partial charge in [0.05, 0.1) is 5.56 Å². The molecule has 0 bridgehead atoms. The van der Waals surface area contributed by atoms with E-state index in [4.69, 9.17) is 11.6 Å². The molecule has 3 rings (SSSR count). The highest BCUT2D eigenvalue weighted by Gasteiger charge is 2.20. The first-order valence-corrected chi connectivity index (χ1v) is 11.2. The van der Waals surface area contributed by atoms with Gasteiger partial charge in [-0.3, -0.25) is 9.52 Å². The molecule has 30 heavy (non-hydrogen) atoms. The summed E-state index contributed by atoms with van der Waals surface area (Å²) in [5.41, 5.74) is 1.17. The zero-order valence-corrected chi connectivity index (χ0v) is 18.2. The first-order valence-electron chi connectivity index (χ1n) is 9.38. The molecule has 0 aliphatic heterocycles. The zero-order chi connectivity index (χ0) is 21.9. The van der Waals surface area contributed by atoms with Gasteiger partial charge in [-0.15, -0.1) is 0 Å². The Bertz CT molecular complexity index is 1240. The molecule has 3 aromatic rings. The quantitative estimate of drug-likeness (QED) is 0.599. The van der Waals surface area contributed by atoms with Gasteiger partial charge >= 0.3 is 0 Å². The average Bonchev–Trinajstić information content (AvgIpc) is 3.10. The number of fused-ring (bicyclic) bond motifs is 1. The topological polar surface area (TPSA) is 95.2 Å². The molecular formula is C21H21ClN4O3S. The van der Waals surface area contributed by atoms with Crippen LogP contribution in [-0.4, -0.2) is 36.9 Å². The monoisotopic (exact) mass is 444 g/mol. The number of hydrogen-bond donors (Lipinski definition) is 1. The fourth-order valence-electron chi connectivity index (χ4n) is 3.24. The second-order valence-electron chi connectivity index (χ2n) is 6.64. The van der Waals surface area contributed by atoms with Gasteiger partial charge in [0.25, 0.3) is 10.0 Å². The van der Waals surface area contributed by atoms with Crippen molar-refractivity contribution < 1.29 is 13.2 Å². The third-order valence-electron chi connectivity index (χ3n) is 4.80. The van der Waals surface area contributed by atoms with Crippen LogP contribution in [0.3, 0.4) is 0 Å². The molecule has 0 saturated carbocycles. The van der Waals surface area contributed by atoms with E-state index in [0.717, 1.165) is 10.9 Å². The fraction of sp³-hybridized carbons (Fsp3) is 0.238. The summed E-state index contributed by atoms with van der Waals surface area (Å²) in [6, 6.07) is 12.8. The molecule has 1 amide bonds. The number of rotatable bonds is 7. The second kappa shape index (κ2) is 8.78. The number of aromatic nitrogens is 1. The van der Waals surface area contributed by atoms with Crippen LogP contribution in [0.4, 0.5) is 5.69 Å². The molecule has 0 atom stereocenters. The number of hydrogen-bond acceptors (Lipinski definition) is 4. The van der Waals surface area contributed by atoms with Crippen LogP contribution in [0.15, 0.2) is 53.6 Å². The Hall–Kier alpha value is -3.02. The van der Waals surface area contributed by atoms with Crippen LogP contribution in [0.1, 0.15) is 19.4 Å². The van der Waals surface area contributed by atoms with E-state index < -0.39 is 10.0 Å². The van der Waals surface area contributed by atoms with Crippen molar-refractivity contribution in [3.8, 4) is 6.07 Å². The molecular weight excluding hydrogens is 424 g/mol. The lowest BCUT2D eigenvalue weighted by Crippen LogP contribution is -2.33. The van der Waals surface area contributed by atoms with E-state index in [0.29, 0.717) is 18.8 Å². The van der Waals surface area contributed by atoms with Gasteiger partial charge in [0.1, 0.15) is 17.5 Å². The van der Waals surface area contributed by atoms with Crippen LogP contribution in [0.2, 0.25) is 5.02 Å². The summed E-state index contributed by atoms with van der Waals surface area (Å²) >= 11 is 5.91. The molecule has 0 saturated heterocycles. The SMILES string of the molecule is CCN(CC)C(=O)Cn1ccc2cc(NS(=O)(=O)c3cc(Cl)ccc3C#N)ccc21. The molecule has 156 valence electrons. The molecule has 0 aliphatic carbocycles. The Morgan fingerprint density at radius 1 is 1.17 bits per heavy atom. The zero-order valence-electron chi connectivity index (χ0n) is 16.6. The Morgan fingerprint density at radius 2 is 1.90 bits per heavy atom. The number of sulfonamides is 1. The minimum atomic E-state index is -4.00. The Balaban J connectivity index is 1.88. The summed E-state index contributed by atoms with van der Waals surface area (Å²) in [5.74, 6) is 0.0206. The molecule has 0 unspecified atom stereocenters. The van der Waals surface area contributed by atoms with Crippen molar-refractivity contribution >= 4 is 44.1 Å². The summed E-state index contributed by atoms with van der Waals surface area (Å²) in [6.45, 7) is 5.38. The summed E-state index contributed by atoms with van der Waals surface area (Å²) in [4.78, 5) is 14.0. The lowest BCUT2D eigenvalue weighted by atomic mass is 10.2. The van der Waals surface area contributed by atoms with Crippen LogP contribution < -0.4 is 4.72 Å². The van der Waals surface area contributed by atoms with Gasteiger partial charge in [-0.25, -0.2) is 8.42 Å². The number of anilines is 1. The first kappa shape index (κ1) is 21.7. The van der Waals surface area contributed by atoms with E-state index in [-0.39, 0.29) is 27.9 Å². The number of amides is 1. The Labute approximate surface area is 180 Å². The number of carbonyl (C=O) groups excluding carboxylic acids is 1. The molecule has 2 aromatic carbocycles. The van der Waals surface area contributed by atoms with Crippen molar-refractivity contribution in [2.75, 3.05) is 17.8 Å². The van der Waals surface area contributed by atoms with Crippen molar-refractivity contribution in [3.05, 3.63) is 59.2 Å². The highest BCUT2D eigenvalue weighted by molar-refractivity contribution is 7.92. The van der Waals surface area contributed by atoms with Gasteiger partial charge in [-0.05, 0) is 56.3 Å². The van der Waals surface area contributed by atoms with Gasteiger partial charge in [0, 0.05) is 40.9 Å². The first-order chi connectivity index (χ1) is 14.3. The van der Waals surface area contributed by atoms with E-state index in [9.17, 15) is 18.5 Å². The number of nitrogens with one attached hydrogen (secondary N) is 1. The van der Waals surface area contributed by atoms with Crippen LogP contribution in [0.25, 0.3) is 10.9 Å². The maximum Gasteiger partial charge on any atom is 0.263 e. The number of benzene rings is 2. The summed E-state index contributed by atoms with van der Waals surface area (Å²) in [5, 5.41) is 10.2. The fourth-order valence-corrected chi connectivity index (χ4v) is 4.71. The Morgan fingerprint density at radius 3 is 2.57 bits per heavy atom.